The number of amides is 3. The van der Waals surface area contributed by atoms with Crippen LogP contribution in [-0.2, 0) is 14.4 Å². The molecule has 0 aromatic heterocycles. The summed E-state index contributed by atoms with van der Waals surface area (Å²) in [5.41, 5.74) is 6.72. The Kier molecular flexibility index (Phi) is 3.76. The summed E-state index contributed by atoms with van der Waals surface area (Å²) in [7, 11) is 0. The molecule has 0 atom stereocenters. The number of piperazine rings is 1. The lowest BCUT2D eigenvalue weighted by Gasteiger charge is -2.24. The van der Waals surface area contributed by atoms with Crippen molar-refractivity contribution in [3.05, 3.63) is 24.3 Å². The number of nitrogen functional groups attached to an aromatic ring is 1. The Morgan fingerprint density at radius 2 is 2.00 bits per heavy atom. The highest BCUT2D eigenvalue weighted by Gasteiger charge is 2.23. The van der Waals surface area contributed by atoms with Gasteiger partial charge in [-0.05, 0) is 18.2 Å². The van der Waals surface area contributed by atoms with Gasteiger partial charge in [0.1, 0.15) is 0 Å². The van der Waals surface area contributed by atoms with Gasteiger partial charge in [-0.15, -0.1) is 0 Å². The van der Waals surface area contributed by atoms with E-state index >= 15 is 0 Å². The van der Waals surface area contributed by atoms with Crippen molar-refractivity contribution in [3.63, 3.8) is 0 Å². The maximum atomic E-state index is 11.8. The Morgan fingerprint density at radius 1 is 1.32 bits per heavy atom. The van der Waals surface area contributed by atoms with Gasteiger partial charge in [0.25, 0.3) is 0 Å². The summed E-state index contributed by atoms with van der Waals surface area (Å²) in [6, 6.07) is 6.78. The Hall–Kier alpha value is -2.41. The summed E-state index contributed by atoms with van der Waals surface area (Å²) in [6.07, 6.45) is 0. The van der Waals surface area contributed by atoms with E-state index in [9.17, 15) is 14.4 Å². The van der Waals surface area contributed by atoms with Gasteiger partial charge in [-0.2, -0.15) is 0 Å². The average Bonchev–Trinajstić information content (AvgIpc) is 2.26. The minimum atomic E-state index is -0.395. The van der Waals surface area contributed by atoms with Crippen molar-refractivity contribution >= 4 is 29.1 Å². The first-order valence-electron chi connectivity index (χ1n) is 5.73. The van der Waals surface area contributed by atoms with E-state index in [-0.39, 0.29) is 25.5 Å². The van der Waals surface area contributed by atoms with E-state index in [1.165, 1.54) is 4.90 Å². The molecule has 4 N–H and O–H groups in total. The van der Waals surface area contributed by atoms with Crippen LogP contribution in [0.4, 0.5) is 11.4 Å². The predicted octanol–water partition coefficient (Wildman–Crippen LogP) is -0.834. The molecule has 3 amide bonds. The number of nitrogens with two attached hydrogens (primary N) is 1. The van der Waals surface area contributed by atoms with Crippen molar-refractivity contribution in [2.24, 2.45) is 0 Å². The quantitative estimate of drug-likeness (QED) is 0.487. The van der Waals surface area contributed by atoms with Crippen LogP contribution in [-0.4, -0.2) is 42.3 Å². The SMILES string of the molecule is Nc1cccc(NC(=O)CN2CC(=O)NC(=O)C2)c1. The van der Waals surface area contributed by atoms with Crippen LogP contribution in [0.3, 0.4) is 0 Å². The molecule has 1 heterocycles. The van der Waals surface area contributed by atoms with Crippen LogP contribution >= 0.6 is 0 Å². The number of benzene rings is 1. The zero-order valence-corrected chi connectivity index (χ0v) is 10.2. The number of hydrogen-bond acceptors (Lipinski definition) is 5. The van der Waals surface area contributed by atoms with Gasteiger partial charge >= 0.3 is 0 Å². The highest BCUT2D eigenvalue weighted by molar-refractivity contribution is 6.00. The Morgan fingerprint density at radius 3 is 2.63 bits per heavy atom. The number of nitrogens with one attached hydrogen (secondary N) is 2. The van der Waals surface area contributed by atoms with Gasteiger partial charge in [-0.3, -0.25) is 24.6 Å². The summed E-state index contributed by atoms with van der Waals surface area (Å²) in [4.78, 5) is 35.5. The maximum absolute atomic E-state index is 11.8. The molecule has 7 heteroatoms. The molecule has 100 valence electrons. The molecule has 1 aromatic rings. The Labute approximate surface area is 109 Å². The Balaban J connectivity index is 1.91. The number of rotatable bonds is 3. The second kappa shape index (κ2) is 5.49. The van der Waals surface area contributed by atoms with Gasteiger partial charge < -0.3 is 11.1 Å². The molecule has 0 spiro atoms. The fourth-order valence-electron chi connectivity index (χ4n) is 1.83. The Bertz CT molecular complexity index is 513. The van der Waals surface area contributed by atoms with Crippen LogP contribution in [0.2, 0.25) is 0 Å². The molecule has 1 aliphatic heterocycles. The van der Waals surface area contributed by atoms with Crippen molar-refractivity contribution < 1.29 is 14.4 Å². The van der Waals surface area contributed by atoms with Gasteiger partial charge in [-0.1, -0.05) is 6.07 Å². The highest BCUT2D eigenvalue weighted by Crippen LogP contribution is 2.11. The molecule has 2 rings (SSSR count). The van der Waals surface area contributed by atoms with Gasteiger partial charge in [0, 0.05) is 11.4 Å². The van der Waals surface area contributed by atoms with Crippen molar-refractivity contribution in [2.75, 3.05) is 30.7 Å². The lowest BCUT2D eigenvalue weighted by Crippen LogP contribution is -2.53. The van der Waals surface area contributed by atoms with Crippen LogP contribution in [0, 0.1) is 0 Å². The number of anilines is 2. The fraction of sp³-hybridized carbons (Fsp3) is 0.250. The minimum Gasteiger partial charge on any atom is -0.399 e. The third kappa shape index (κ3) is 3.78. The molecule has 0 radical (unpaired) electrons. The predicted molar refractivity (Wildman–Crippen MR) is 69.1 cm³/mol. The van der Waals surface area contributed by atoms with Crippen molar-refractivity contribution in [3.8, 4) is 0 Å². The third-order valence-corrected chi connectivity index (χ3v) is 2.55. The van der Waals surface area contributed by atoms with Gasteiger partial charge in [0.2, 0.25) is 17.7 Å². The summed E-state index contributed by atoms with van der Waals surface area (Å²) in [5, 5.41) is 4.83. The number of nitrogens with zero attached hydrogens (tertiary/aromatic N) is 1. The zero-order valence-electron chi connectivity index (χ0n) is 10.2. The topological polar surface area (TPSA) is 105 Å². The van der Waals surface area contributed by atoms with E-state index in [0.29, 0.717) is 11.4 Å². The van der Waals surface area contributed by atoms with E-state index in [1.807, 2.05) is 0 Å². The third-order valence-electron chi connectivity index (χ3n) is 2.55. The zero-order chi connectivity index (χ0) is 13.8. The summed E-state index contributed by atoms with van der Waals surface area (Å²) in [5.74, 6) is -1.09. The number of imide groups is 1. The van der Waals surface area contributed by atoms with Crippen molar-refractivity contribution in [1.29, 1.82) is 0 Å². The first-order chi connectivity index (χ1) is 9.02. The normalized spacial score (nSPS) is 16.0. The lowest BCUT2D eigenvalue weighted by atomic mass is 10.3. The summed E-state index contributed by atoms with van der Waals surface area (Å²) < 4.78 is 0. The standard InChI is InChI=1S/C12H14N4O3/c13-8-2-1-3-9(4-8)14-10(17)5-16-6-11(18)15-12(19)7-16/h1-4H,5-7,13H2,(H,14,17)(H,15,18,19). The van der Waals surface area contributed by atoms with Crippen LogP contribution in [0.15, 0.2) is 24.3 Å². The molecule has 0 bridgehead atoms. The lowest BCUT2D eigenvalue weighted by molar-refractivity contribution is -0.136. The van der Waals surface area contributed by atoms with E-state index in [1.54, 1.807) is 24.3 Å². The first-order valence-corrected chi connectivity index (χ1v) is 5.73. The second-order valence-corrected chi connectivity index (χ2v) is 4.29. The van der Waals surface area contributed by atoms with Crippen LogP contribution in [0.5, 0.6) is 0 Å². The smallest absolute Gasteiger partial charge is 0.240 e. The molecule has 0 unspecified atom stereocenters. The number of carbonyl (C=O) groups is 3. The summed E-state index contributed by atoms with van der Waals surface area (Å²) in [6.45, 7) is 0.0557. The fourth-order valence-corrected chi connectivity index (χ4v) is 1.83. The molecule has 7 nitrogen and oxygen atoms in total. The van der Waals surface area contributed by atoms with Gasteiger partial charge in [0.15, 0.2) is 0 Å². The molecule has 0 saturated carbocycles. The van der Waals surface area contributed by atoms with Gasteiger partial charge in [0.05, 0.1) is 19.6 Å². The van der Waals surface area contributed by atoms with E-state index in [2.05, 4.69) is 10.6 Å². The van der Waals surface area contributed by atoms with E-state index in [0.717, 1.165) is 0 Å². The largest absolute Gasteiger partial charge is 0.399 e. The molecule has 1 saturated heterocycles. The van der Waals surface area contributed by atoms with Crippen LogP contribution in [0.25, 0.3) is 0 Å². The van der Waals surface area contributed by atoms with E-state index in [4.69, 9.17) is 5.73 Å². The van der Waals surface area contributed by atoms with Crippen molar-refractivity contribution in [2.45, 2.75) is 0 Å². The maximum Gasteiger partial charge on any atom is 0.240 e. The number of carbonyl (C=O) groups excluding carboxylic acids is 3. The second-order valence-electron chi connectivity index (χ2n) is 4.29. The van der Waals surface area contributed by atoms with Crippen LogP contribution < -0.4 is 16.4 Å². The highest BCUT2D eigenvalue weighted by atomic mass is 16.2. The van der Waals surface area contributed by atoms with Gasteiger partial charge in [-0.25, -0.2) is 0 Å². The molecule has 1 fully saturated rings. The van der Waals surface area contributed by atoms with Crippen LogP contribution in [0.1, 0.15) is 0 Å². The molecule has 19 heavy (non-hydrogen) atoms. The van der Waals surface area contributed by atoms with Crippen molar-refractivity contribution in [1.82, 2.24) is 10.2 Å². The monoisotopic (exact) mass is 262 g/mol. The molecular formula is C12H14N4O3. The molecular weight excluding hydrogens is 248 g/mol. The average molecular weight is 262 g/mol. The van der Waals surface area contributed by atoms with E-state index < -0.39 is 11.8 Å². The molecule has 1 aliphatic rings. The minimum absolute atomic E-state index is 0.0199. The molecule has 1 aromatic carbocycles. The summed E-state index contributed by atoms with van der Waals surface area (Å²) >= 11 is 0. The number of hydrogen-bond donors (Lipinski definition) is 3. The first kappa shape index (κ1) is 13.0. The molecule has 0 aliphatic carbocycles.